The minimum Gasteiger partial charge on any atom is -0.491 e. The van der Waals surface area contributed by atoms with Crippen LogP contribution in [0.15, 0.2) is 24.3 Å². The molecule has 0 heterocycles. The van der Waals surface area contributed by atoms with Crippen molar-refractivity contribution < 1.29 is 14.6 Å². The van der Waals surface area contributed by atoms with E-state index in [2.05, 4.69) is 5.32 Å². The second kappa shape index (κ2) is 9.66. The Morgan fingerprint density at radius 3 is 2.77 bits per heavy atom. The van der Waals surface area contributed by atoms with E-state index in [1.807, 2.05) is 38.1 Å². The maximum Gasteiger partial charge on any atom is 0.239 e. The second-order valence-electron chi connectivity index (χ2n) is 5.66. The number of benzene rings is 1. The summed E-state index contributed by atoms with van der Waals surface area (Å²) in [6.45, 7) is 5.89. The van der Waals surface area contributed by atoms with Gasteiger partial charge < -0.3 is 20.9 Å². The molecule has 0 aliphatic rings. The van der Waals surface area contributed by atoms with E-state index in [9.17, 15) is 9.90 Å². The van der Waals surface area contributed by atoms with Gasteiger partial charge in [-0.15, -0.1) is 12.4 Å². The zero-order valence-corrected chi connectivity index (χ0v) is 14.3. The predicted molar refractivity (Wildman–Crippen MR) is 90.4 cm³/mol. The summed E-state index contributed by atoms with van der Waals surface area (Å²) in [4.78, 5) is 11.9. The topological polar surface area (TPSA) is 84.6 Å². The molecule has 0 aliphatic carbocycles. The van der Waals surface area contributed by atoms with Gasteiger partial charge in [-0.25, -0.2) is 0 Å². The summed E-state index contributed by atoms with van der Waals surface area (Å²) in [7, 11) is 0. The van der Waals surface area contributed by atoms with Crippen LogP contribution in [-0.2, 0) is 4.79 Å². The van der Waals surface area contributed by atoms with Crippen molar-refractivity contribution in [3.8, 4) is 5.75 Å². The molecule has 0 aromatic heterocycles. The third kappa shape index (κ3) is 7.11. The number of amides is 1. The van der Waals surface area contributed by atoms with Crippen molar-refractivity contribution >= 4 is 18.3 Å². The van der Waals surface area contributed by atoms with Gasteiger partial charge in [-0.05, 0) is 38.0 Å². The summed E-state index contributed by atoms with van der Waals surface area (Å²) in [5.41, 5.74) is 6.11. The molecule has 0 radical (unpaired) electrons. The number of aryl methyl sites for hydroxylation is 1. The molecule has 2 atom stereocenters. The van der Waals surface area contributed by atoms with E-state index in [-0.39, 0.29) is 31.5 Å². The molecule has 0 spiro atoms. The summed E-state index contributed by atoms with van der Waals surface area (Å²) < 4.78 is 5.48. The van der Waals surface area contributed by atoms with Gasteiger partial charge in [-0.3, -0.25) is 4.79 Å². The molecule has 1 aromatic rings. The highest BCUT2D eigenvalue weighted by Crippen LogP contribution is 2.12. The highest BCUT2D eigenvalue weighted by atomic mass is 35.5. The molecule has 0 saturated carbocycles. The Labute approximate surface area is 138 Å². The molecule has 22 heavy (non-hydrogen) atoms. The second-order valence-corrected chi connectivity index (χ2v) is 5.66. The van der Waals surface area contributed by atoms with Crippen LogP contribution in [0.1, 0.15) is 32.3 Å². The maximum atomic E-state index is 11.9. The van der Waals surface area contributed by atoms with Crippen molar-refractivity contribution in [1.29, 1.82) is 0 Å². The van der Waals surface area contributed by atoms with E-state index in [0.29, 0.717) is 12.2 Å². The molecule has 126 valence electrons. The third-order valence-electron chi connectivity index (χ3n) is 3.22. The molecule has 0 bridgehead atoms. The summed E-state index contributed by atoms with van der Waals surface area (Å²) in [5, 5.41) is 12.5. The number of rotatable bonds is 8. The summed E-state index contributed by atoms with van der Waals surface area (Å²) in [6.07, 6.45) is 0.667. The Kier molecular flexibility index (Phi) is 9.09. The number of hydrogen-bond donors (Lipinski definition) is 3. The molecule has 0 aliphatic heterocycles. The SMILES string of the molecule is CCCC(C)(N)C(=O)NCC(O)COc1cccc(C)c1.Cl. The first-order valence-electron chi connectivity index (χ1n) is 7.30. The van der Waals surface area contributed by atoms with Gasteiger partial charge in [0.2, 0.25) is 5.91 Å². The van der Waals surface area contributed by atoms with Crippen molar-refractivity contribution in [3.63, 3.8) is 0 Å². The summed E-state index contributed by atoms with van der Waals surface area (Å²) in [6, 6.07) is 7.59. The van der Waals surface area contributed by atoms with Crippen molar-refractivity contribution in [3.05, 3.63) is 29.8 Å². The van der Waals surface area contributed by atoms with Crippen LogP contribution in [0, 0.1) is 6.92 Å². The summed E-state index contributed by atoms with van der Waals surface area (Å²) >= 11 is 0. The van der Waals surface area contributed by atoms with E-state index < -0.39 is 11.6 Å². The molecule has 6 heteroatoms. The molecule has 4 N–H and O–H groups in total. The molecule has 1 amide bonds. The van der Waals surface area contributed by atoms with Crippen LogP contribution >= 0.6 is 12.4 Å². The number of aliphatic hydroxyl groups excluding tert-OH is 1. The Hall–Kier alpha value is -1.30. The van der Waals surface area contributed by atoms with Gasteiger partial charge in [-0.2, -0.15) is 0 Å². The highest BCUT2D eigenvalue weighted by molar-refractivity contribution is 5.85. The van der Waals surface area contributed by atoms with E-state index >= 15 is 0 Å². The fraction of sp³-hybridized carbons (Fsp3) is 0.562. The lowest BCUT2D eigenvalue weighted by molar-refractivity contribution is -0.126. The van der Waals surface area contributed by atoms with Crippen molar-refractivity contribution in [1.82, 2.24) is 5.32 Å². The third-order valence-corrected chi connectivity index (χ3v) is 3.22. The first-order chi connectivity index (χ1) is 9.85. The number of halogens is 1. The van der Waals surface area contributed by atoms with Crippen molar-refractivity contribution in [2.45, 2.75) is 45.3 Å². The highest BCUT2D eigenvalue weighted by Gasteiger charge is 2.27. The Bertz CT molecular complexity index is 466. The minimum atomic E-state index is -0.897. The van der Waals surface area contributed by atoms with Crippen LogP contribution in [0.4, 0.5) is 0 Å². The van der Waals surface area contributed by atoms with E-state index in [1.54, 1.807) is 6.92 Å². The average molecular weight is 331 g/mol. The van der Waals surface area contributed by atoms with Crippen molar-refractivity contribution in [2.24, 2.45) is 5.73 Å². The number of ether oxygens (including phenoxy) is 1. The van der Waals surface area contributed by atoms with Crippen LogP contribution in [0.25, 0.3) is 0 Å². The molecule has 0 saturated heterocycles. The fourth-order valence-electron chi connectivity index (χ4n) is 2.00. The van der Waals surface area contributed by atoms with Crippen LogP contribution in [0.5, 0.6) is 5.75 Å². The zero-order chi connectivity index (χ0) is 15.9. The zero-order valence-electron chi connectivity index (χ0n) is 13.5. The number of nitrogens with one attached hydrogen (secondary N) is 1. The normalized spacial score (nSPS) is 14.4. The molecule has 2 unspecified atom stereocenters. The quantitative estimate of drug-likeness (QED) is 0.678. The average Bonchev–Trinajstić information content (AvgIpc) is 2.42. The first kappa shape index (κ1) is 20.7. The number of carbonyl (C=O) groups excluding carboxylic acids is 1. The lowest BCUT2D eigenvalue weighted by Gasteiger charge is -2.23. The van der Waals surface area contributed by atoms with Gasteiger partial charge in [0.15, 0.2) is 0 Å². The monoisotopic (exact) mass is 330 g/mol. The minimum absolute atomic E-state index is 0. The Morgan fingerprint density at radius 2 is 2.18 bits per heavy atom. The maximum absolute atomic E-state index is 11.9. The Balaban J connectivity index is 0.00000441. The summed E-state index contributed by atoms with van der Waals surface area (Å²) in [5.74, 6) is 0.453. The number of hydrogen-bond acceptors (Lipinski definition) is 4. The van der Waals surface area contributed by atoms with Gasteiger partial charge in [0.05, 0.1) is 5.54 Å². The molecule has 1 rings (SSSR count). The van der Waals surface area contributed by atoms with Crippen LogP contribution in [-0.4, -0.2) is 35.8 Å². The van der Waals surface area contributed by atoms with Crippen LogP contribution < -0.4 is 15.8 Å². The first-order valence-corrected chi connectivity index (χ1v) is 7.30. The van der Waals surface area contributed by atoms with Gasteiger partial charge in [0, 0.05) is 6.54 Å². The standard InChI is InChI=1S/C16H26N2O3.ClH/c1-4-8-16(3,17)15(20)18-10-13(19)11-21-14-7-5-6-12(2)9-14;/h5-7,9,13,19H,4,8,10-11,17H2,1-3H3,(H,18,20);1H. The van der Waals surface area contributed by atoms with Gasteiger partial charge >= 0.3 is 0 Å². The lowest BCUT2D eigenvalue weighted by Crippen LogP contribution is -2.53. The number of carbonyl (C=O) groups is 1. The van der Waals surface area contributed by atoms with Crippen LogP contribution in [0.2, 0.25) is 0 Å². The van der Waals surface area contributed by atoms with E-state index in [1.165, 1.54) is 0 Å². The molecule has 1 aromatic carbocycles. The molecule has 5 nitrogen and oxygen atoms in total. The fourth-order valence-corrected chi connectivity index (χ4v) is 2.00. The Morgan fingerprint density at radius 1 is 1.50 bits per heavy atom. The largest absolute Gasteiger partial charge is 0.491 e. The van der Waals surface area contributed by atoms with E-state index in [4.69, 9.17) is 10.5 Å². The number of nitrogens with two attached hydrogens (primary N) is 1. The van der Waals surface area contributed by atoms with Gasteiger partial charge in [-0.1, -0.05) is 25.5 Å². The molecule has 0 fully saturated rings. The smallest absolute Gasteiger partial charge is 0.239 e. The van der Waals surface area contributed by atoms with Crippen molar-refractivity contribution in [2.75, 3.05) is 13.2 Å². The van der Waals surface area contributed by atoms with Crippen LogP contribution in [0.3, 0.4) is 0 Å². The van der Waals surface area contributed by atoms with E-state index in [0.717, 1.165) is 12.0 Å². The molecular formula is C16H27ClN2O3. The predicted octanol–water partition coefficient (Wildman–Crippen LogP) is 1.79. The number of aliphatic hydroxyl groups is 1. The molecular weight excluding hydrogens is 304 g/mol. The lowest BCUT2D eigenvalue weighted by atomic mass is 9.96. The van der Waals surface area contributed by atoms with Gasteiger partial charge in [0.1, 0.15) is 18.5 Å². The van der Waals surface area contributed by atoms with Gasteiger partial charge in [0.25, 0.3) is 0 Å².